The van der Waals surface area contributed by atoms with Crippen LogP contribution in [0, 0.1) is 5.41 Å². The summed E-state index contributed by atoms with van der Waals surface area (Å²) in [4.78, 5) is 0. The van der Waals surface area contributed by atoms with E-state index in [1.165, 1.54) is 10.0 Å². The van der Waals surface area contributed by atoms with Crippen LogP contribution in [0.1, 0.15) is 39.2 Å². The van der Waals surface area contributed by atoms with Crippen molar-refractivity contribution in [3.63, 3.8) is 0 Å². The topological polar surface area (TPSA) is 20.2 Å². The van der Waals surface area contributed by atoms with Gasteiger partial charge in [0.25, 0.3) is 0 Å². The zero-order chi connectivity index (χ0) is 12.2. The summed E-state index contributed by atoms with van der Waals surface area (Å²) in [5.41, 5.74) is 1.32. The number of halogens is 1. The number of aliphatic hydroxyl groups is 1. The minimum Gasteiger partial charge on any atom is -0.393 e. The molecule has 0 radical (unpaired) electrons. The predicted molar refractivity (Wildman–Crippen MR) is 72.5 cm³/mol. The highest BCUT2D eigenvalue weighted by Gasteiger charge is 2.21. The van der Waals surface area contributed by atoms with E-state index >= 15 is 0 Å². The lowest BCUT2D eigenvalue weighted by atomic mass is 9.86. The van der Waals surface area contributed by atoms with E-state index in [0.29, 0.717) is 0 Å². The molecule has 1 N–H and O–H groups in total. The Morgan fingerprint density at radius 1 is 1.25 bits per heavy atom. The molecule has 1 aromatic rings. The molecule has 0 aromatic heterocycles. The summed E-state index contributed by atoms with van der Waals surface area (Å²) in [5.74, 6) is 0. The van der Waals surface area contributed by atoms with Crippen molar-refractivity contribution >= 4 is 15.9 Å². The Morgan fingerprint density at radius 2 is 1.88 bits per heavy atom. The van der Waals surface area contributed by atoms with Gasteiger partial charge in [-0.2, -0.15) is 0 Å². The zero-order valence-electron chi connectivity index (χ0n) is 10.3. The lowest BCUT2D eigenvalue weighted by molar-refractivity contribution is 0.0540. The first kappa shape index (κ1) is 13.7. The Labute approximate surface area is 107 Å². The van der Waals surface area contributed by atoms with Gasteiger partial charge in [0.15, 0.2) is 0 Å². The maximum absolute atomic E-state index is 9.92. The molecule has 0 aliphatic carbocycles. The summed E-state index contributed by atoms with van der Waals surface area (Å²) in [6.45, 7) is 6.24. The van der Waals surface area contributed by atoms with Gasteiger partial charge >= 0.3 is 0 Å². The van der Waals surface area contributed by atoms with Gasteiger partial charge in [0.2, 0.25) is 0 Å². The number of hydrogen-bond acceptors (Lipinski definition) is 1. The molecule has 90 valence electrons. The monoisotopic (exact) mass is 284 g/mol. The summed E-state index contributed by atoms with van der Waals surface area (Å²) in [5, 5.41) is 9.92. The number of rotatable bonds is 4. The van der Waals surface area contributed by atoms with E-state index in [9.17, 15) is 5.11 Å². The molecular formula is C14H21BrO. The molecule has 0 aliphatic heterocycles. The normalized spacial score (nSPS) is 13.8. The van der Waals surface area contributed by atoms with Crippen molar-refractivity contribution in [2.45, 2.75) is 46.1 Å². The molecular weight excluding hydrogens is 264 g/mol. The van der Waals surface area contributed by atoms with Crippen molar-refractivity contribution in [3.8, 4) is 0 Å². The molecule has 2 heteroatoms. The van der Waals surface area contributed by atoms with Crippen LogP contribution >= 0.6 is 15.9 Å². The number of aliphatic hydroxyl groups excluding tert-OH is 1. The molecule has 1 nitrogen and oxygen atoms in total. The highest BCUT2D eigenvalue weighted by molar-refractivity contribution is 9.10. The minimum atomic E-state index is -0.213. The molecule has 1 atom stereocenters. The van der Waals surface area contributed by atoms with Gasteiger partial charge in [0, 0.05) is 4.47 Å². The van der Waals surface area contributed by atoms with Gasteiger partial charge in [-0.25, -0.2) is 0 Å². The van der Waals surface area contributed by atoms with Crippen molar-refractivity contribution in [1.82, 2.24) is 0 Å². The van der Waals surface area contributed by atoms with Crippen LogP contribution in [0.5, 0.6) is 0 Å². The van der Waals surface area contributed by atoms with E-state index in [1.807, 2.05) is 6.07 Å². The van der Waals surface area contributed by atoms with Gasteiger partial charge in [0.05, 0.1) is 6.10 Å². The zero-order valence-corrected chi connectivity index (χ0v) is 11.9. The molecule has 1 unspecified atom stereocenters. The Hall–Kier alpha value is -0.340. The minimum absolute atomic E-state index is 0.00603. The van der Waals surface area contributed by atoms with Crippen molar-refractivity contribution in [2.24, 2.45) is 5.41 Å². The molecule has 0 saturated heterocycles. The van der Waals surface area contributed by atoms with Gasteiger partial charge in [-0.1, -0.05) is 54.9 Å². The van der Waals surface area contributed by atoms with Crippen LogP contribution in [0.15, 0.2) is 28.7 Å². The summed E-state index contributed by atoms with van der Waals surface area (Å²) < 4.78 is 1.17. The van der Waals surface area contributed by atoms with Gasteiger partial charge in [0.1, 0.15) is 0 Å². The molecule has 0 heterocycles. The molecule has 0 aliphatic rings. The summed E-state index contributed by atoms with van der Waals surface area (Å²) in [6.07, 6.45) is 2.70. The Morgan fingerprint density at radius 3 is 2.44 bits per heavy atom. The van der Waals surface area contributed by atoms with E-state index < -0.39 is 0 Å². The number of benzene rings is 1. The first-order valence-electron chi connectivity index (χ1n) is 5.83. The maximum atomic E-state index is 9.92. The first-order chi connectivity index (χ1) is 7.41. The third-order valence-corrected chi connectivity index (χ3v) is 3.65. The highest BCUT2D eigenvalue weighted by atomic mass is 79.9. The molecule has 0 bridgehead atoms. The van der Waals surface area contributed by atoms with E-state index in [1.54, 1.807) is 0 Å². The molecule has 1 rings (SSSR count). The third kappa shape index (κ3) is 4.26. The van der Waals surface area contributed by atoms with Crippen LogP contribution in [0.4, 0.5) is 0 Å². The summed E-state index contributed by atoms with van der Waals surface area (Å²) in [7, 11) is 0. The summed E-state index contributed by atoms with van der Waals surface area (Å²) in [6, 6.07) is 8.28. The third-order valence-electron chi connectivity index (χ3n) is 2.88. The van der Waals surface area contributed by atoms with Crippen molar-refractivity contribution in [2.75, 3.05) is 0 Å². The Kier molecular flexibility index (Phi) is 5.00. The second-order valence-corrected chi connectivity index (χ2v) is 6.22. The second-order valence-electron chi connectivity index (χ2n) is 5.37. The fourth-order valence-corrected chi connectivity index (χ4v) is 2.10. The standard InChI is InChI=1S/C14H21BrO/c1-14(2,3)13(16)10-6-8-11-7-4-5-9-12(11)15/h4-5,7,9,13,16H,6,8,10H2,1-3H3. The fraction of sp³-hybridized carbons (Fsp3) is 0.571. The average molecular weight is 285 g/mol. The Bertz CT molecular complexity index is 328. The van der Waals surface area contributed by atoms with Gasteiger partial charge < -0.3 is 5.11 Å². The smallest absolute Gasteiger partial charge is 0.0588 e. The van der Waals surface area contributed by atoms with Gasteiger partial charge in [-0.15, -0.1) is 0 Å². The predicted octanol–water partition coefficient (Wildman–Crippen LogP) is 4.18. The molecule has 16 heavy (non-hydrogen) atoms. The first-order valence-corrected chi connectivity index (χ1v) is 6.62. The quantitative estimate of drug-likeness (QED) is 0.880. The van der Waals surface area contributed by atoms with Crippen LogP contribution in [0.2, 0.25) is 0 Å². The number of aryl methyl sites for hydroxylation is 1. The maximum Gasteiger partial charge on any atom is 0.0588 e. The fourth-order valence-electron chi connectivity index (χ4n) is 1.62. The van der Waals surface area contributed by atoms with Crippen molar-refractivity contribution in [3.05, 3.63) is 34.3 Å². The SMILES string of the molecule is CC(C)(C)C(O)CCCc1ccccc1Br. The van der Waals surface area contributed by atoms with Gasteiger partial charge in [-0.3, -0.25) is 0 Å². The highest BCUT2D eigenvalue weighted by Crippen LogP contribution is 2.24. The van der Waals surface area contributed by atoms with E-state index in [-0.39, 0.29) is 11.5 Å². The molecule has 0 amide bonds. The Balaban J connectivity index is 2.40. The molecule has 0 saturated carbocycles. The van der Waals surface area contributed by atoms with Crippen molar-refractivity contribution in [1.29, 1.82) is 0 Å². The summed E-state index contributed by atoms with van der Waals surface area (Å²) >= 11 is 3.54. The van der Waals surface area contributed by atoms with Crippen molar-refractivity contribution < 1.29 is 5.11 Å². The van der Waals surface area contributed by atoms with E-state index in [4.69, 9.17) is 0 Å². The van der Waals surface area contributed by atoms with Gasteiger partial charge in [-0.05, 0) is 36.3 Å². The molecule has 1 aromatic carbocycles. The van der Waals surface area contributed by atoms with Crippen LogP contribution in [0.25, 0.3) is 0 Å². The van der Waals surface area contributed by atoms with Crippen LogP contribution in [-0.4, -0.2) is 11.2 Å². The molecule has 0 spiro atoms. The number of hydrogen-bond donors (Lipinski definition) is 1. The second kappa shape index (κ2) is 5.83. The molecule has 0 fully saturated rings. The average Bonchev–Trinajstić information content (AvgIpc) is 2.19. The van der Waals surface area contributed by atoms with Crippen LogP contribution in [0.3, 0.4) is 0 Å². The van der Waals surface area contributed by atoms with Crippen LogP contribution < -0.4 is 0 Å². The lowest BCUT2D eigenvalue weighted by Crippen LogP contribution is -2.25. The van der Waals surface area contributed by atoms with Crippen LogP contribution in [-0.2, 0) is 6.42 Å². The van der Waals surface area contributed by atoms with E-state index in [2.05, 4.69) is 54.9 Å². The van der Waals surface area contributed by atoms with E-state index in [0.717, 1.165) is 19.3 Å². The lowest BCUT2D eigenvalue weighted by Gasteiger charge is -2.25. The largest absolute Gasteiger partial charge is 0.393 e.